The van der Waals surface area contributed by atoms with Crippen LogP contribution in [0.3, 0.4) is 0 Å². The fourth-order valence-electron chi connectivity index (χ4n) is 3.14. The number of rotatable bonds is 7. The smallest absolute Gasteiger partial charge is 0.243 e. The van der Waals surface area contributed by atoms with Crippen molar-refractivity contribution in [1.29, 1.82) is 0 Å². The van der Waals surface area contributed by atoms with Crippen LogP contribution in [0.15, 0.2) is 29.2 Å². The maximum atomic E-state index is 12.8. The second kappa shape index (κ2) is 8.27. The summed E-state index contributed by atoms with van der Waals surface area (Å²) in [7, 11) is -1.38. The Morgan fingerprint density at radius 1 is 1.22 bits per heavy atom. The van der Waals surface area contributed by atoms with E-state index in [0.29, 0.717) is 29.8 Å². The van der Waals surface area contributed by atoms with E-state index in [-0.39, 0.29) is 0 Å². The molecule has 1 aromatic rings. The van der Waals surface area contributed by atoms with Gasteiger partial charge >= 0.3 is 0 Å². The Morgan fingerprint density at radius 2 is 1.83 bits per heavy atom. The van der Waals surface area contributed by atoms with Crippen molar-refractivity contribution in [2.24, 2.45) is 5.92 Å². The first-order valence-electron chi connectivity index (χ1n) is 8.73. The first-order valence-corrected chi connectivity index (χ1v) is 10.2. The minimum absolute atomic E-state index is 0.429. The van der Waals surface area contributed by atoms with E-state index < -0.39 is 10.0 Å². The predicted molar refractivity (Wildman–Crippen MR) is 95.2 cm³/mol. The van der Waals surface area contributed by atoms with Crippen LogP contribution in [0.4, 0.5) is 0 Å². The molecule has 0 spiro atoms. The Hall–Kier alpha value is -0.910. The Balaban J connectivity index is 2.02. The molecular formula is C18H30N2O2S. The van der Waals surface area contributed by atoms with Crippen molar-refractivity contribution < 1.29 is 8.42 Å². The number of sulfonamides is 1. The summed E-state index contributed by atoms with van der Waals surface area (Å²) in [6, 6.07) is 7.45. The molecule has 5 heteroatoms. The molecule has 130 valence electrons. The predicted octanol–water partition coefficient (Wildman–Crippen LogP) is 3.21. The Labute approximate surface area is 141 Å². The highest BCUT2D eigenvalue weighted by molar-refractivity contribution is 7.89. The van der Waals surface area contributed by atoms with Crippen LogP contribution in [0.25, 0.3) is 0 Å². The summed E-state index contributed by atoms with van der Waals surface area (Å²) in [5.41, 5.74) is 1.21. The van der Waals surface area contributed by atoms with E-state index in [1.54, 1.807) is 16.4 Å². The summed E-state index contributed by atoms with van der Waals surface area (Å²) in [6.45, 7) is 6.61. The molecule has 1 heterocycles. The van der Waals surface area contributed by atoms with Gasteiger partial charge in [0.2, 0.25) is 10.0 Å². The lowest BCUT2D eigenvalue weighted by Gasteiger charge is -2.31. The minimum Gasteiger partial charge on any atom is -0.320 e. The normalized spacial score (nSPS) is 18.9. The molecule has 0 aliphatic carbocycles. The largest absolute Gasteiger partial charge is 0.320 e. The van der Waals surface area contributed by atoms with Crippen molar-refractivity contribution in [3.8, 4) is 0 Å². The molecule has 1 fully saturated rings. The first-order chi connectivity index (χ1) is 11.0. The highest BCUT2D eigenvalue weighted by Gasteiger charge is 2.29. The lowest BCUT2D eigenvalue weighted by molar-refractivity contribution is 0.263. The van der Waals surface area contributed by atoms with Crippen LogP contribution in [0, 0.1) is 5.92 Å². The zero-order valence-electron chi connectivity index (χ0n) is 14.6. The molecular weight excluding hydrogens is 308 g/mol. The molecule has 1 saturated heterocycles. The molecule has 1 aliphatic heterocycles. The monoisotopic (exact) mass is 338 g/mol. The molecule has 0 amide bonds. The quantitative estimate of drug-likeness (QED) is 0.830. The van der Waals surface area contributed by atoms with Gasteiger partial charge in [-0.25, -0.2) is 8.42 Å². The van der Waals surface area contributed by atoms with Crippen molar-refractivity contribution in [3.05, 3.63) is 29.8 Å². The number of nitrogens with one attached hydrogen (secondary N) is 1. The van der Waals surface area contributed by atoms with Gasteiger partial charge in [-0.3, -0.25) is 0 Å². The van der Waals surface area contributed by atoms with Gasteiger partial charge in [-0.2, -0.15) is 4.31 Å². The summed E-state index contributed by atoms with van der Waals surface area (Å²) < 4.78 is 27.2. The maximum Gasteiger partial charge on any atom is 0.243 e. The van der Waals surface area contributed by atoms with Crippen molar-refractivity contribution in [2.75, 3.05) is 26.7 Å². The van der Waals surface area contributed by atoms with Crippen LogP contribution >= 0.6 is 0 Å². The Kier molecular flexibility index (Phi) is 6.62. The molecule has 0 saturated carbocycles. The Bertz CT molecular complexity index is 576. The number of piperidine rings is 1. The van der Waals surface area contributed by atoms with Crippen molar-refractivity contribution in [2.45, 2.75) is 50.3 Å². The molecule has 1 N–H and O–H groups in total. The summed E-state index contributed by atoms with van der Waals surface area (Å²) in [6.07, 6.45) is 4.12. The zero-order chi connectivity index (χ0) is 16.9. The van der Waals surface area contributed by atoms with Gasteiger partial charge in [-0.05, 0) is 68.8 Å². The average molecular weight is 339 g/mol. The van der Waals surface area contributed by atoms with Crippen LogP contribution in [0.2, 0.25) is 0 Å². The van der Waals surface area contributed by atoms with Crippen LogP contribution in [0.5, 0.6) is 0 Å². The fourth-order valence-corrected chi connectivity index (χ4v) is 4.61. The van der Waals surface area contributed by atoms with E-state index in [0.717, 1.165) is 32.2 Å². The van der Waals surface area contributed by atoms with Gasteiger partial charge in [0.1, 0.15) is 0 Å². The van der Waals surface area contributed by atoms with Crippen molar-refractivity contribution in [3.63, 3.8) is 0 Å². The molecule has 1 aromatic carbocycles. The molecule has 1 unspecified atom stereocenters. The third-order valence-electron chi connectivity index (χ3n) is 5.08. The Morgan fingerprint density at radius 3 is 2.35 bits per heavy atom. The highest BCUT2D eigenvalue weighted by Crippen LogP contribution is 2.26. The summed E-state index contributed by atoms with van der Waals surface area (Å²) in [5.74, 6) is 1.11. The average Bonchev–Trinajstić information content (AvgIpc) is 2.59. The number of hydrogen-bond donors (Lipinski definition) is 1. The zero-order valence-corrected chi connectivity index (χ0v) is 15.4. The molecule has 2 rings (SSSR count). The SMILES string of the molecule is CCC(C)c1ccc(S(=O)(=O)N2CCC(CCNC)CC2)cc1. The van der Waals surface area contributed by atoms with Gasteiger partial charge < -0.3 is 5.32 Å². The van der Waals surface area contributed by atoms with Gasteiger partial charge in [-0.1, -0.05) is 26.0 Å². The fraction of sp³-hybridized carbons (Fsp3) is 0.667. The van der Waals surface area contributed by atoms with Crippen LogP contribution in [-0.4, -0.2) is 39.4 Å². The number of nitrogens with zero attached hydrogens (tertiary/aromatic N) is 1. The third kappa shape index (κ3) is 4.55. The van der Waals surface area contributed by atoms with Gasteiger partial charge in [0.15, 0.2) is 0 Å². The van der Waals surface area contributed by atoms with Crippen LogP contribution < -0.4 is 5.32 Å². The molecule has 0 bridgehead atoms. The summed E-state index contributed by atoms with van der Waals surface area (Å²) >= 11 is 0. The standard InChI is InChI=1S/C18H30N2O2S/c1-4-15(2)17-5-7-18(8-6-17)23(21,22)20-13-10-16(11-14-20)9-12-19-3/h5-8,15-16,19H,4,9-14H2,1-3H3. The second-order valence-electron chi connectivity index (χ2n) is 6.62. The van der Waals surface area contributed by atoms with Gasteiger partial charge in [-0.15, -0.1) is 0 Å². The van der Waals surface area contributed by atoms with Gasteiger partial charge in [0.05, 0.1) is 4.90 Å². The molecule has 4 nitrogen and oxygen atoms in total. The van der Waals surface area contributed by atoms with E-state index in [4.69, 9.17) is 0 Å². The number of benzene rings is 1. The van der Waals surface area contributed by atoms with E-state index in [1.165, 1.54) is 5.56 Å². The van der Waals surface area contributed by atoms with E-state index in [2.05, 4.69) is 19.2 Å². The van der Waals surface area contributed by atoms with Crippen LogP contribution in [-0.2, 0) is 10.0 Å². The van der Waals surface area contributed by atoms with E-state index >= 15 is 0 Å². The molecule has 1 aliphatic rings. The summed E-state index contributed by atoms with van der Waals surface area (Å²) in [5, 5.41) is 3.17. The summed E-state index contributed by atoms with van der Waals surface area (Å²) in [4.78, 5) is 0.429. The first kappa shape index (κ1) is 18.4. The second-order valence-corrected chi connectivity index (χ2v) is 8.56. The molecule has 0 radical (unpaired) electrons. The van der Waals surface area contributed by atoms with E-state index in [1.807, 2.05) is 19.2 Å². The van der Waals surface area contributed by atoms with Crippen LogP contribution in [0.1, 0.15) is 51.0 Å². The topological polar surface area (TPSA) is 49.4 Å². The van der Waals surface area contributed by atoms with Gasteiger partial charge in [0, 0.05) is 13.1 Å². The molecule has 23 heavy (non-hydrogen) atoms. The lowest BCUT2D eigenvalue weighted by Crippen LogP contribution is -2.38. The number of hydrogen-bond acceptors (Lipinski definition) is 3. The highest BCUT2D eigenvalue weighted by atomic mass is 32.2. The minimum atomic E-state index is -3.34. The van der Waals surface area contributed by atoms with Crippen molar-refractivity contribution in [1.82, 2.24) is 9.62 Å². The third-order valence-corrected chi connectivity index (χ3v) is 6.99. The van der Waals surface area contributed by atoms with E-state index in [9.17, 15) is 8.42 Å². The lowest BCUT2D eigenvalue weighted by atomic mass is 9.95. The van der Waals surface area contributed by atoms with Crippen molar-refractivity contribution >= 4 is 10.0 Å². The maximum absolute atomic E-state index is 12.8. The molecule has 1 atom stereocenters. The van der Waals surface area contributed by atoms with Gasteiger partial charge in [0.25, 0.3) is 0 Å². The molecule has 0 aromatic heterocycles.